The van der Waals surface area contributed by atoms with Crippen molar-refractivity contribution in [1.82, 2.24) is 4.90 Å². The third kappa shape index (κ3) is 1.36. The minimum atomic E-state index is -0.398. The van der Waals surface area contributed by atoms with Crippen molar-refractivity contribution in [2.75, 3.05) is 0 Å². The lowest BCUT2D eigenvalue weighted by molar-refractivity contribution is -0.178. The van der Waals surface area contributed by atoms with E-state index < -0.39 is 5.41 Å². The summed E-state index contributed by atoms with van der Waals surface area (Å²) < 4.78 is 0. The molecule has 3 atom stereocenters. The van der Waals surface area contributed by atoms with E-state index in [9.17, 15) is 9.59 Å². The largest absolute Gasteiger partial charge is 0.275 e. The molecule has 2 amide bonds. The zero-order valence-corrected chi connectivity index (χ0v) is 11.7. The van der Waals surface area contributed by atoms with Gasteiger partial charge in [-0.05, 0) is 43.9 Å². The van der Waals surface area contributed by atoms with Gasteiger partial charge in [-0.3, -0.25) is 14.5 Å². The molecule has 2 aliphatic carbocycles. The van der Waals surface area contributed by atoms with Crippen molar-refractivity contribution in [2.24, 2.45) is 17.3 Å². The number of β-lactam (4-membered cyclic amide) rings is 1. The molecule has 0 N–H and O–H groups in total. The molecular weight excluding hydrogens is 226 g/mol. The molecule has 3 heteroatoms. The van der Waals surface area contributed by atoms with Crippen molar-refractivity contribution in [1.29, 1.82) is 0 Å². The Morgan fingerprint density at radius 1 is 1.44 bits per heavy atom. The summed E-state index contributed by atoms with van der Waals surface area (Å²) in [5.41, 5.74) is -0.464. The van der Waals surface area contributed by atoms with Gasteiger partial charge in [-0.25, -0.2) is 0 Å². The zero-order valence-electron chi connectivity index (χ0n) is 11.7. The summed E-state index contributed by atoms with van der Waals surface area (Å²) in [5.74, 6) is 1.49. The first-order valence-electron chi connectivity index (χ1n) is 7.28. The van der Waals surface area contributed by atoms with Crippen molar-refractivity contribution in [3.05, 3.63) is 0 Å². The van der Waals surface area contributed by atoms with Crippen LogP contribution in [0.3, 0.4) is 0 Å². The normalized spacial score (nSPS) is 38.4. The molecule has 3 aliphatic rings. The lowest BCUT2D eigenvalue weighted by Gasteiger charge is -2.55. The summed E-state index contributed by atoms with van der Waals surface area (Å²) in [5, 5.41) is 0. The van der Waals surface area contributed by atoms with Crippen LogP contribution in [-0.4, -0.2) is 22.3 Å². The summed E-state index contributed by atoms with van der Waals surface area (Å²) in [7, 11) is 0. The number of rotatable bonds is 2. The molecule has 3 rings (SSSR count). The van der Waals surface area contributed by atoms with Gasteiger partial charge in [0.2, 0.25) is 11.8 Å². The van der Waals surface area contributed by atoms with Crippen LogP contribution in [0.5, 0.6) is 0 Å². The van der Waals surface area contributed by atoms with Gasteiger partial charge in [0.15, 0.2) is 0 Å². The van der Waals surface area contributed by atoms with E-state index >= 15 is 0 Å². The first-order chi connectivity index (χ1) is 8.40. The molecule has 1 spiro atoms. The van der Waals surface area contributed by atoms with Gasteiger partial charge < -0.3 is 0 Å². The average molecular weight is 249 g/mol. The Labute approximate surface area is 109 Å². The molecule has 1 aliphatic heterocycles. The number of imide groups is 1. The number of nitrogens with zero attached hydrogens (tertiary/aromatic N) is 1. The van der Waals surface area contributed by atoms with Crippen LogP contribution in [0.15, 0.2) is 0 Å². The highest BCUT2D eigenvalue weighted by Crippen LogP contribution is 2.59. The minimum absolute atomic E-state index is 0.0637. The highest BCUT2D eigenvalue weighted by atomic mass is 16.2. The first-order valence-corrected chi connectivity index (χ1v) is 7.28. The van der Waals surface area contributed by atoms with Gasteiger partial charge in [0.1, 0.15) is 0 Å². The number of carbonyl (C=O) groups is 2. The molecule has 1 heterocycles. The van der Waals surface area contributed by atoms with Crippen LogP contribution in [-0.2, 0) is 9.59 Å². The smallest absolute Gasteiger partial charge is 0.235 e. The van der Waals surface area contributed by atoms with Crippen molar-refractivity contribution in [3.8, 4) is 0 Å². The average Bonchev–Trinajstić information content (AvgIpc) is 2.89. The maximum absolute atomic E-state index is 12.6. The SMILES string of the molecule is CCC(C)(C)C(=O)N1C(=O)CC12CC1CCC2C1. The Bertz CT molecular complexity index is 415. The van der Waals surface area contributed by atoms with Crippen molar-refractivity contribution in [3.63, 3.8) is 0 Å². The molecule has 0 aromatic heterocycles. The summed E-state index contributed by atoms with van der Waals surface area (Å²) in [4.78, 5) is 26.3. The molecule has 18 heavy (non-hydrogen) atoms. The van der Waals surface area contributed by atoms with Gasteiger partial charge >= 0.3 is 0 Å². The molecule has 1 saturated heterocycles. The van der Waals surface area contributed by atoms with E-state index in [2.05, 4.69) is 0 Å². The van der Waals surface area contributed by atoms with Crippen LogP contribution in [0.2, 0.25) is 0 Å². The van der Waals surface area contributed by atoms with E-state index in [1.807, 2.05) is 20.8 Å². The molecule has 2 saturated carbocycles. The fraction of sp³-hybridized carbons (Fsp3) is 0.867. The van der Waals surface area contributed by atoms with Gasteiger partial charge in [-0.2, -0.15) is 0 Å². The van der Waals surface area contributed by atoms with E-state index in [0.717, 1.165) is 18.8 Å². The Morgan fingerprint density at radius 2 is 2.17 bits per heavy atom. The fourth-order valence-corrected chi connectivity index (χ4v) is 4.25. The quantitative estimate of drug-likeness (QED) is 0.706. The summed E-state index contributed by atoms with van der Waals surface area (Å²) in [6, 6.07) is 0. The van der Waals surface area contributed by atoms with E-state index in [1.54, 1.807) is 4.90 Å². The molecule has 0 aromatic carbocycles. The van der Waals surface area contributed by atoms with E-state index in [-0.39, 0.29) is 17.4 Å². The maximum atomic E-state index is 12.6. The monoisotopic (exact) mass is 249 g/mol. The number of carbonyl (C=O) groups excluding carboxylic acids is 2. The summed E-state index contributed by atoms with van der Waals surface area (Å²) >= 11 is 0. The van der Waals surface area contributed by atoms with E-state index in [4.69, 9.17) is 0 Å². The highest BCUT2D eigenvalue weighted by Gasteiger charge is 2.64. The van der Waals surface area contributed by atoms with Crippen molar-refractivity contribution >= 4 is 11.8 Å². The number of likely N-dealkylation sites (tertiary alicyclic amines) is 1. The number of hydrogen-bond donors (Lipinski definition) is 0. The second-order valence-electron chi connectivity index (χ2n) is 7.13. The molecule has 100 valence electrons. The number of hydrogen-bond acceptors (Lipinski definition) is 2. The molecule has 0 radical (unpaired) electrons. The standard InChI is InChI=1S/C15H23NO2/c1-4-14(2,3)13(18)16-12(17)9-15(16)8-10-5-6-11(15)7-10/h10-11H,4-9H2,1-3H3. The zero-order chi connectivity index (χ0) is 13.1. The van der Waals surface area contributed by atoms with Gasteiger partial charge in [-0.15, -0.1) is 0 Å². The lowest BCUT2D eigenvalue weighted by Crippen LogP contribution is -2.69. The molecule has 2 bridgehead atoms. The summed E-state index contributed by atoms with van der Waals surface area (Å²) in [6.45, 7) is 5.94. The highest BCUT2D eigenvalue weighted by molar-refractivity contribution is 6.04. The maximum Gasteiger partial charge on any atom is 0.235 e. The third-order valence-corrected chi connectivity index (χ3v) is 5.76. The van der Waals surface area contributed by atoms with Crippen LogP contribution in [0.1, 0.15) is 59.3 Å². The van der Waals surface area contributed by atoms with Gasteiger partial charge in [-0.1, -0.05) is 20.8 Å². The van der Waals surface area contributed by atoms with E-state index in [1.165, 1.54) is 19.3 Å². The van der Waals surface area contributed by atoms with Crippen LogP contribution in [0.4, 0.5) is 0 Å². The Hall–Kier alpha value is -0.860. The second-order valence-corrected chi connectivity index (χ2v) is 7.13. The Kier molecular flexibility index (Phi) is 2.43. The fourth-order valence-electron chi connectivity index (χ4n) is 4.25. The third-order valence-electron chi connectivity index (χ3n) is 5.76. The predicted molar refractivity (Wildman–Crippen MR) is 68.7 cm³/mol. The first kappa shape index (κ1) is 12.2. The molecule has 0 aromatic rings. The molecule has 3 unspecified atom stereocenters. The second kappa shape index (κ2) is 3.58. The van der Waals surface area contributed by atoms with Gasteiger partial charge in [0, 0.05) is 5.41 Å². The van der Waals surface area contributed by atoms with Crippen molar-refractivity contribution in [2.45, 2.75) is 64.8 Å². The number of fused-ring (bicyclic) bond motifs is 3. The predicted octanol–water partition coefficient (Wildman–Crippen LogP) is 2.74. The number of amides is 2. The minimum Gasteiger partial charge on any atom is -0.275 e. The van der Waals surface area contributed by atoms with Crippen LogP contribution in [0.25, 0.3) is 0 Å². The molecule has 3 fully saturated rings. The van der Waals surface area contributed by atoms with Gasteiger partial charge in [0.05, 0.1) is 12.0 Å². The van der Waals surface area contributed by atoms with Gasteiger partial charge in [0.25, 0.3) is 0 Å². The lowest BCUT2D eigenvalue weighted by atomic mass is 9.69. The molecular formula is C15H23NO2. The molecule has 3 nitrogen and oxygen atoms in total. The van der Waals surface area contributed by atoms with Crippen molar-refractivity contribution < 1.29 is 9.59 Å². The van der Waals surface area contributed by atoms with Crippen LogP contribution < -0.4 is 0 Å². The summed E-state index contributed by atoms with van der Waals surface area (Å²) in [6.07, 6.45) is 6.26. The topological polar surface area (TPSA) is 37.4 Å². The van der Waals surface area contributed by atoms with E-state index in [0.29, 0.717) is 12.3 Å². The Balaban J connectivity index is 1.87. The van der Waals surface area contributed by atoms with Crippen LogP contribution in [0, 0.1) is 17.3 Å². The Morgan fingerprint density at radius 3 is 2.61 bits per heavy atom. The van der Waals surface area contributed by atoms with Crippen LogP contribution >= 0.6 is 0 Å².